The summed E-state index contributed by atoms with van der Waals surface area (Å²) in [6.45, 7) is 4.34. The van der Waals surface area contributed by atoms with Crippen LogP contribution in [0.5, 0.6) is 11.5 Å². The minimum Gasteiger partial charge on any atom is -0.493 e. The molecular weight excluding hydrogens is 403 g/mol. The zero-order valence-corrected chi connectivity index (χ0v) is 14.6. The van der Waals surface area contributed by atoms with Crippen LogP contribution in [0.25, 0.3) is 0 Å². The van der Waals surface area contributed by atoms with Crippen LogP contribution < -0.4 is 8.92 Å². The van der Waals surface area contributed by atoms with E-state index in [-0.39, 0.29) is 10.6 Å². The van der Waals surface area contributed by atoms with Gasteiger partial charge in [-0.15, -0.1) is 0 Å². The second kappa shape index (κ2) is 6.65. The Hall–Kier alpha value is -1.28. The first kappa shape index (κ1) is 16.1. The molecule has 0 atom stereocenters. The molecular formula is C15H15IO4S. The van der Waals surface area contributed by atoms with Crippen molar-refractivity contribution < 1.29 is 17.3 Å². The van der Waals surface area contributed by atoms with E-state index in [1.165, 1.54) is 12.1 Å². The van der Waals surface area contributed by atoms with Gasteiger partial charge in [0.15, 0.2) is 0 Å². The van der Waals surface area contributed by atoms with Gasteiger partial charge >= 0.3 is 10.1 Å². The van der Waals surface area contributed by atoms with Crippen LogP contribution in [-0.2, 0) is 10.1 Å². The minimum atomic E-state index is -3.82. The molecule has 0 aliphatic rings. The van der Waals surface area contributed by atoms with E-state index >= 15 is 0 Å². The van der Waals surface area contributed by atoms with E-state index in [0.717, 1.165) is 9.13 Å². The Balaban J connectivity index is 2.24. The van der Waals surface area contributed by atoms with Gasteiger partial charge in [0, 0.05) is 0 Å². The highest BCUT2D eigenvalue weighted by Crippen LogP contribution is 2.27. The highest BCUT2D eigenvalue weighted by molar-refractivity contribution is 14.1. The molecule has 0 saturated heterocycles. The van der Waals surface area contributed by atoms with Gasteiger partial charge in [0.2, 0.25) is 0 Å². The molecule has 0 aliphatic heterocycles. The lowest BCUT2D eigenvalue weighted by Crippen LogP contribution is -2.09. The summed E-state index contributed by atoms with van der Waals surface area (Å²) in [5.41, 5.74) is 0.990. The molecule has 0 spiro atoms. The first-order valence-electron chi connectivity index (χ1n) is 6.36. The quantitative estimate of drug-likeness (QED) is 0.548. The number of hydrogen-bond acceptors (Lipinski definition) is 4. The Morgan fingerprint density at radius 1 is 1.10 bits per heavy atom. The molecule has 112 valence electrons. The lowest BCUT2D eigenvalue weighted by molar-refractivity contribution is 0.337. The average molecular weight is 418 g/mol. The molecule has 0 saturated carbocycles. The third kappa shape index (κ3) is 4.10. The Morgan fingerprint density at radius 3 is 2.33 bits per heavy atom. The summed E-state index contributed by atoms with van der Waals surface area (Å²) in [6, 6.07) is 11.5. The molecule has 0 radical (unpaired) electrons. The lowest BCUT2D eigenvalue weighted by Gasteiger charge is -2.10. The van der Waals surface area contributed by atoms with Gasteiger partial charge < -0.3 is 8.92 Å². The summed E-state index contributed by atoms with van der Waals surface area (Å²) in [5.74, 6) is 0.974. The molecule has 0 heterocycles. The standard InChI is InChI=1S/C15H15IO4S/c1-3-19-15-9-6-12(10-14(15)16)20-21(17,18)13-7-4-11(2)5-8-13/h4-10H,3H2,1-2H3. The van der Waals surface area contributed by atoms with Gasteiger partial charge in [-0.1, -0.05) is 17.7 Å². The van der Waals surface area contributed by atoms with Crippen molar-refractivity contribution in [2.75, 3.05) is 6.61 Å². The zero-order valence-electron chi connectivity index (χ0n) is 11.7. The second-order valence-corrected chi connectivity index (χ2v) is 7.08. The molecule has 0 unspecified atom stereocenters. The number of ether oxygens (including phenoxy) is 1. The van der Waals surface area contributed by atoms with Crippen molar-refractivity contribution in [3.8, 4) is 11.5 Å². The topological polar surface area (TPSA) is 52.6 Å². The van der Waals surface area contributed by atoms with Gasteiger partial charge in [0.1, 0.15) is 16.4 Å². The third-order valence-corrected chi connectivity index (χ3v) is 4.82. The van der Waals surface area contributed by atoms with Crippen LogP contribution in [0.4, 0.5) is 0 Å². The molecule has 0 aliphatic carbocycles. The number of halogens is 1. The average Bonchev–Trinajstić information content (AvgIpc) is 2.42. The van der Waals surface area contributed by atoms with E-state index in [1.54, 1.807) is 30.3 Å². The molecule has 0 N–H and O–H groups in total. The van der Waals surface area contributed by atoms with Gasteiger partial charge in [-0.2, -0.15) is 8.42 Å². The first-order chi connectivity index (χ1) is 9.92. The highest BCUT2D eigenvalue weighted by atomic mass is 127. The van der Waals surface area contributed by atoms with E-state index in [9.17, 15) is 8.42 Å². The third-order valence-electron chi connectivity index (χ3n) is 2.72. The van der Waals surface area contributed by atoms with Gasteiger partial charge in [-0.3, -0.25) is 0 Å². The summed E-state index contributed by atoms with van der Waals surface area (Å²) in [7, 11) is -3.82. The molecule has 4 nitrogen and oxygen atoms in total. The van der Waals surface area contributed by atoms with Crippen LogP contribution in [0.2, 0.25) is 0 Å². The Bertz CT molecular complexity index is 724. The van der Waals surface area contributed by atoms with E-state index in [1.807, 2.05) is 13.8 Å². The van der Waals surface area contributed by atoms with Crippen LogP contribution in [-0.4, -0.2) is 15.0 Å². The molecule has 2 rings (SSSR count). The fourth-order valence-corrected chi connectivity index (χ4v) is 3.25. The predicted molar refractivity (Wildman–Crippen MR) is 89.3 cm³/mol. The van der Waals surface area contributed by atoms with Gasteiger partial charge in [-0.25, -0.2) is 0 Å². The smallest absolute Gasteiger partial charge is 0.339 e. The van der Waals surface area contributed by atoms with Crippen LogP contribution in [0, 0.1) is 10.5 Å². The maximum atomic E-state index is 12.2. The zero-order chi connectivity index (χ0) is 15.5. The number of hydrogen-bond donors (Lipinski definition) is 0. The lowest BCUT2D eigenvalue weighted by atomic mass is 10.2. The van der Waals surface area contributed by atoms with Crippen LogP contribution >= 0.6 is 22.6 Å². The molecule has 0 aromatic heterocycles. The van der Waals surface area contributed by atoms with Crippen molar-refractivity contribution in [3.63, 3.8) is 0 Å². The molecule has 6 heteroatoms. The largest absolute Gasteiger partial charge is 0.493 e. The van der Waals surface area contributed by atoms with E-state index < -0.39 is 10.1 Å². The predicted octanol–water partition coefficient (Wildman–Crippen LogP) is 3.77. The summed E-state index contributed by atoms with van der Waals surface area (Å²) in [4.78, 5) is 0.136. The van der Waals surface area contributed by atoms with Gasteiger partial charge in [0.25, 0.3) is 0 Å². The molecule has 0 bridgehead atoms. The number of rotatable bonds is 5. The molecule has 0 fully saturated rings. The summed E-state index contributed by atoms with van der Waals surface area (Å²) < 4.78 is 35.7. The number of aryl methyl sites for hydroxylation is 1. The normalized spacial score (nSPS) is 11.2. The minimum absolute atomic E-state index is 0.136. The van der Waals surface area contributed by atoms with Crippen LogP contribution in [0.3, 0.4) is 0 Å². The van der Waals surface area contributed by atoms with Gasteiger partial charge in [0.05, 0.1) is 10.2 Å². The molecule has 21 heavy (non-hydrogen) atoms. The SMILES string of the molecule is CCOc1ccc(OS(=O)(=O)c2ccc(C)cc2)cc1I. The first-order valence-corrected chi connectivity index (χ1v) is 8.84. The van der Waals surface area contributed by atoms with Crippen molar-refractivity contribution in [2.24, 2.45) is 0 Å². The summed E-state index contributed by atoms with van der Waals surface area (Å²) >= 11 is 2.08. The summed E-state index contributed by atoms with van der Waals surface area (Å²) in [6.07, 6.45) is 0. The fraction of sp³-hybridized carbons (Fsp3) is 0.200. The fourth-order valence-electron chi connectivity index (χ4n) is 1.69. The highest BCUT2D eigenvalue weighted by Gasteiger charge is 2.17. The van der Waals surface area contributed by atoms with Gasteiger partial charge in [-0.05, 0) is 66.8 Å². The Kier molecular flexibility index (Phi) is 5.10. The maximum absolute atomic E-state index is 12.2. The Labute approximate surface area is 138 Å². The van der Waals surface area contributed by atoms with Crippen molar-refractivity contribution >= 4 is 32.7 Å². The van der Waals surface area contributed by atoms with Crippen molar-refractivity contribution in [1.82, 2.24) is 0 Å². The molecule has 2 aromatic rings. The molecule has 2 aromatic carbocycles. The van der Waals surface area contributed by atoms with Crippen LogP contribution in [0.1, 0.15) is 12.5 Å². The van der Waals surface area contributed by atoms with E-state index in [2.05, 4.69) is 22.6 Å². The van der Waals surface area contributed by atoms with Crippen LogP contribution in [0.15, 0.2) is 47.4 Å². The van der Waals surface area contributed by atoms with Crippen molar-refractivity contribution in [2.45, 2.75) is 18.7 Å². The van der Waals surface area contributed by atoms with Crippen molar-refractivity contribution in [1.29, 1.82) is 0 Å². The molecule has 0 amide bonds. The Morgan fingerprint density at radius 2 is 1.76 bits per heavy atom. The van der Waals surface area contributed by atoms with Crippen molar-refractivity contribution in [3.05, 3.63) is 51.6 Å². The summed E-state index contributed by atoms with van der Waals surface area (Å²) in [5, 5.41) is 0. The second-order valence-electron chi connectivity index (χ2n) is 4.38. The number of benzene rings is 2. The van der Waals surface area contributed by atoms with E-state index in [4.69, 9.17) is 8.92 Å². The monoisotopic (exact) mass is 418 g/mol. The van der Waals surface area contributed by atoms with E-state index in [0.29, 0.717) is 12.4 Å². The maximum Gasteiger partial charge on any atom is 0.339 e.